The lowest BCUT2D eigenvalue weighted by atomic mass is 10.1. The first-order chi connectivity index (χ1) is 9.79. The number of benzene rings is 2. The van der Waals surface area contributed by atoms with E-state index in [4.69, 9.17) is 4.55 Å². The Balaban J connectivity index is 0.000000262. The third-order valence-electron chi connectivity index (χ3n) is 2.55. The normalized spacial score (nSPS) is 10.2. The minimum Gasteiger partial charge on any atom is -0.269 e. The van der Waals surface area contributed by atoms with E-state index in [1.807, 2.05) is 18.2 Å². The van der Waals surface area contributed by atoms with Crippen LogP contribution in [0.5, 0.6) is 0 Å². The van der Waals surface area contributed by atoms with Crippen molar-refractivity contribution in [2.24, 2.45) is 0 Å². The molecule has 0 unspecified atom stereocenters. The molecule has 6 heteroatoms. The van der Waals surface area contributed by atoms with Crippen LogP contribution >= 0.6 is 0 Å². The number of hydrogen-bond donors (Lipinski definition) is 2. The van der Waals surface area contributed by atoms with Crippen molar-refractivity contribution in [1.82, 2.24) is 4.72 Å². The van der Waals surface area contributed by atoms with Gasteiger partial charge >= 0.3 is 10.3 Å². The maximum absolute atomic E-state index is 11.2. The van der Waals surface area contributed by atoms with Crippen LogP contribution in [0.2, 0.25) is 0 Å². The Morgan fingerprint density at radius 1 is 0.952 bits per heavy atom. The predicted octanol–water partition coefficient (Wildman–Crippen LogP) is 2.52. The van der Waals surface area contributed by atoms with E-state index in [1.54, 1.807) is 25.1 Å². The summed E-state index contributed by atoms with van der Waals surface area (Å²) in [6.45, 7) is 3.75. The van der Waals surface area contributed by atoms with Gasteiger partial charge in [0.15, 0.2) is 0 Å². The Hall–Kier alpha value is -2.18. The Morgan fingerprint density at radius 3 is 1.90 bits per heavy atom. The first-order valence-electron chi connectivity index (χ1n) is 6.16. The van der Waals surface area contributed by atoms with Gasteiger partial charge in [0.1, 0.15) is 0 Å². The number of carbonyl (C=O) groups is 1. The zero-order valence-electron chi connectivity index (χ0n) is 11.8. The van der Waals surface area contributed by atoms with E-state index >= 15 is 0 Å². The molecular weight excluding hydrogens is 290 g/mol. The number of hydrogen-bond acceptors (Lipinski definition) is 3. The largest absolute Gasteiger partial charge is 0.359 e. The number of carbonyl (C=O) groups excluding carboxylic acids is 1. The fraction of sp³-hybridized carbons (Fsp3) is 0.133. The molecule has 0 fully saturated rings. The van der Waals surface area contributed by atoms with E-state index < -0.39 is 16.2 Å². The molecule has 0 radical (unpaired) electrons. The minimum atomic E-state index is -4.49. The average molecular weight is 307 g/mol. The zero-order valence-corrected chi connectivity index (χ0v) is 12.6. The summed E-state index contributed by atoms with van der Waals surface area (Å²) >= 11 is 0. The van der Waals surface area contributed by atoms with Crippen LogP contribution in [-0.4, -0.2) is 18.9 Å². The molecule has 0 spiro atoms. The number of aryl methyl sites for hydroxylation is 2. The Kier molecular flexibility index (Phi) is 6.08. The maximum Gasteiger partial charge on any atom is 0.359 e. The van der Waals surface area contributed by atoms with Crippen molar-refractivity contribution in [3.05, 3.63) is 71.3 Å². The molecule has 0 bridgehead atoms. The van der Waals surface area contributed by atoms with Gasteiger partial charge in [0.25, 0.3) is 5.91 Å². The van der Waals surface area contributed by atoms with E-state index in [9.17, 15) is 13.2 Å². The topological polar surface area (TPSA) is 83.5 Å². The molecule has 0 atom stereocenters. The highest BCUT2D eigenvalue weighted by molar-refractivity contribution is 7.84. The zero-order chi connectivity index (χ0) is 15.9. The molecule has 21 heavy (non-hydrogen) atoms. The van der Waals surface area contributed by atoms with Gasteiger partial charge < -0.3 is 0 Å². The Morgan fingerprint density at radius 2 is 1.48 bits per heavy atom. The van der Waals surface area contributed by atoms with Gasteiger partial charge in [-0.2, -0.15) is 8.42 Å². The monoisotopic (exact) mass is 307 g/mol. The summed E-state index contributed by atoms with van der Waals surface area (Å²) in [7, 11) is -4.49. The molecule has 112 valence electrons. The van der Waals surface area contributed by atoms with Crippen LogP contribution < -0.4 is 4.72 Å². The first-order valence-corrected chi connectivity index (χ1v) is 7.60. The molecule has 5 nitrogen and oxygen atoms in total. The van der Waals surface area contributed by atoms with E-state index in [1.165, 1.54) is 16.4 Å². The molecular formula is C15H17NO4S. The van der Waals surface area contributed by atoms with Gasteiger partial charge in [-0.25, -0.2) is 4.72 Å². The van der Waals surface area contributed by atoms with Gasteiger partial charge in [-0.3, -0.25) is 9.35 Å². The van der Waals surface area contributed by atoms with Crippen molar-refractivity contribution < 1.29 is 17.8 Å². The highest BCUT2D eigenvalue weighted by Gasteiger charge is 2.13. The quantitative estimate of drug-likeness (QED) is 0.835. The van der Waals surface area contributed by atoms with Crippen LogP contribution in [0, 0.1) is 13.8 Å². The summed E-state index contributed by atoms with van der Waals surface area (Å²) in [6, 6.07) is 16.7. The van der Waals surface area contributed by atoms with Gasteiger partial charge in [0, 0.05) is 5.56 Å². The highest BCUT2D eigenvalue weighted by Crippen LogP contribution is 2.06. The number of rotatable bonds is 2. The van der Waals surface area contributed by atoms with Crippen molar-refractivity contribution in [1.29, 1.82) is 0 Å². The molecule has 0 saturated carbocycles. The Labute approximate surface area is 124 Å². The molecule has 0 saturated heterocycles. The number of amides is 1. The molecule has 0 aliphatic heterocycles. The molecule has 0 aliphatic carbocycles. The molecule has 2 aromatic rings. The summed E-state index contributed by atoms with van der Waals surface area (Å²) in [5.41, 5.74) is 2.17. The second-order valence-corrected chi connectivity index (χ2v) is 5.53. The summed E-state index contributed by atoms with van der Waals surface area (Å²) < 4.78 is 30.5. The predicted molar refractivity (Wildman–Crippen MR) is 81.4 cm³/mol. The fourth-order valence-electron chi connectivity index (χ4n) is 1.53. The Bertz CT molecular complexity index is 697. The third kappa shape index (κ3) is 6.69. The first kappa shape index (κ1) is 16.9. The van der Waals surface area contributed by atoms with Crippen LogP contribution in [0.15, 0.2) is 54.6 Å². The molecule has 2 aromatic carbocycles. The third-order valence-corrected chi connectivity index (χ3v) is 3.00. The average Bonchev–Trinajstić information content (AvgIpc) is 2.38. The summed E-state index contributed by atoms with van der Waals surface area (Å²) in [5.74, 6) is -0.842. The van der Waals surface area contributed by atoms with Gasteiger partial charge in [0.2, 0.25) is 0 Å². The van der Waals surface area contributed by atoms with E-state index in [0.717, 1.165) is 0 Å². The summed E-state index contributed by atoms with van der Waals surface area (Å²) in [6.07, 6.45) is 0. The lowest BCUT2D eigenvalue weighted by Gasteiger charge is -2.03. The van der Waals surface area contributed by atoms with E-state index in [-0.39, 0.29) is 5.56 Å². The lowest BCUT2D eigenvalue weighted by molar-refractivity contribution is 0.0978. The van der Waals surface area contributed by atoms with Gasteiger partial charge in [0.05, 0.1) is 0 Å². The summed E-state index contributed by atoms with van der Waals surface area (Å²) in [4.78, 5) is 11.2. The van der Waals surface area contributed by atoms with Crippen molar-refractivity contribution in [2.75, 3.05) is 0 Å². The van der Waals surface area contributed by atoms with Crippen molar-refractivity contribution in [3.8, 4) is 0 Å². The number of nitrogens with one attached hydrogen (secondary N) is 1. The van der Waals surface area contributed by atoms with Crippen LogP contribution in [0.25, 0.3) is 0 Å². The van der Waals surface area contributed by atoms with Crippen LogP contribution in [0.1, 0.15) is 21.5 Å². The second-order valence-electron chi connectivity index (χ2n) is 4.38. The standard InChI is InChI=1S/C8H9NO4S.C7H8/c1-6-4-2-3-5-7(6)8(10)9-14(11,12)13;1-7-5-3-2-4-6-7/h2-5H,1H3,(H,9,10)(H,11,12,13);2-6H,1H3. The van der Waals surface area contributed by atoms with Crippen molar-refractivity contribution in [2.45, 2.75) is 13.8 Å². The van der Waals surface area contributed by atoms with Crippen LogP contribution in [0.3, 0.4) is 0 Å². The fourth-order valence-corrected chi connectivity index (χ4v) is 1.88. The molecule has 0 aromatic heterocycles. The van der Waals surface area contributed by atoms with Crippen molar-refractivity contribution >= 4 is 16.2 Å². The SMILES string of the molecule is Cc1ccccc1.Cc1ccccc1C(=O)NS(=O)(=O)O. The minimum absolute atomic E-state index is 0.213. The lowest BCUT2D eigenvalue weighted by Crippen LogP contribution is -2.30. The summed E-state index contributed by atoms with van der Waals surface area (Å²) in [5, 5.41) is 0. The van der Waals surface area contributed by atoms with Crippen molar-refractivity contribution in [3.63, 3.8) is 0 Å². The van der Waals surface area contributed by atoms with Gasteiger partial charge in [-0.1, -0.05) is 54.1 Å². The molecule has 2 N–H and O–H groups in total. The smallest absolute Gasteiger partial charge is 0.269 e. The van der Waals surface area contributed by atoms with Gasteiger partial charge in [-0.15, -0.1) is 0 Å². The highest BCUT2D eigenvalue weighted by atomic mass is 32.2. The molecule has 0 aliphatic rings. The van der Waals surface area contributed by atoms with E-state index in [0.29, 0.717) is 5.56 Å². The second kappa shape index (κ2) is 7.56. The van der Waals surface area contributed by atoms with Crippen LogP contribution in [-0.2, 0) is 10.3 Å². The molecule has 0 heterocycles. The van der Waals surface area contributed by atoms with E-state index in [2.05, 4.69) is 19.1 Å². The van der Waals surface area contributed by atoms with Crippen LogP contribution in [0.4, 0.5) is 0 Å². The maximum atomic E-state index is 11.2. The van der Waals surface area contributed by atoms with Gasteiger partial charge in [-0.05, 0) is 25.5 Å². The molecule has 2 rings (SSSR count). The molecule has 1 amide bonds.